The van der Waals surface area contributed by atoms with Crippen molar-refractivity contribution in [1.29, 1.82) is 0 Å². The number of aromatic nitrogens is 1. The maximum Gasteiger partial charge on any atom is 0.147 e. The molecule has 0 atom stereocenters. The highest BCUT2D eigenvalue weighted by Gasteiger charge is 2.16. The van der Waals surface area contributed by atoms with Gasteiger partial charge in [-0.2, -0.15) is 0 Å². The molecule has 0 aliphatic heterocycles. The third kappa shape index (κ3) is 3.64. The minimum Gasteiger partial charge on any atom is -0.399 e. The van der Waals surface area contributed by atoms with Crippen molar-refractivity contribution < 1.29 is 0 Å². The van der Waals surface area contributed by atoms with E-state index >= 15 is 0 Å². The molecule has 0 radical (unpaired) electrons. The topological polar surface area (TPSA) is 42.1 Å². The second-order valence-electron chi connectivity index (χ2n) is 4.93. The number of nitrogens with zero attached hydrogens (tertiary/aromatic N) is 2. The Bertz CT molecular complexity index is 601. The van der Waals surface area contributed by atoms with Crippen LogP contribution in [0.15, 0.2) is 41.0 Å². The highest BCUT2D eigenvalue weighted by Crippen LogP contribution is 2.29. The number of nitrogen functional groups attached to an aromatic ring is 1. The average Bonchev–Trinajstić information content (AvgIpc) is 2.36. The second-order valence-corrected chi connectivity index (χ2v) is 6.25. The Morgan fingerprint density at radius 2 is 2.10 bits per heavy atom. The molecule has 3 nitrogen and oxygen atoms in total. The van der Waals surface area contributed by atoms with E-state index in [0.29, 0.717) is 5.02 Å². The van der Waals surface area contributed by atoms with E-state index in [1.807, 2.05) is 24.3 Å². The molecule has 1 aromatic heterocycles. The lowest BCUT2D eigenvalue weighted by atomic mass is 10.1. The number of rotatable bonds is 4. The Morgan fingerprint density at radius 1 is 1.35 bits per heavy atom. The molecule has 20 heavy (non-hydrogen) atoms. The summed E-state index contributed by atoms with van der Waals surface area (Å²) in [4.78, 5) is 6.59. The summed E-state index contributed by atoms with van der Waals surface area (Å²) in [5.74, 6) is 0.785. The van der Waals surface area contributed by atoms with Crippen molar-refractivity contribution >= 4 is 39.0 Å². The largest absolute Gasteiger partial charge is 0.399 e. The fourth-order valence-corrected chi connectivity index (χ4v) is 2.75. The molecule has 0 bridgehead atoms. The molecule has 0 fully saturated rings. The monoisotopic (exact) mass is 353 g/mol. The highest BCUT2D eigenvalue weighted by atomic mass is 79.9. The van der Waals surface area contributed by atoms with Crippen LogP contribution in [-0.2, 0) is 6.54 Å². The molecule has 2 aromatic rings. The number of anilines is 2. The summed E-state index contributed by atoms with van der Waals surface area (Å²) >= 11 is 9.68. The van der Waals surface area contributed by atoms with E-state index in [1.165, 1.54) is 0 Å². The number of halogens is 2. The smallest absolute Gasteiger partial charge is 0.147 e. The summed E-state index contributed by atoms with van der Waals surface area (Å²) in [7, 11) is 0. The predicted molar refractivity (Wildman–Crippen MR) is 89.1 cm³/mol. The molecule has 1 aromatic carbocycles. The van der Waals surface area contributed by atoms with Crippen LogP contribution in [0.5, 0.6) is 0 Å². The van der Waals surface area contributed by atoms with E-state index in [1.54, 1.807) is 6.20 Å². The fraction of sp³-hybridized carbons (Fsp3) is 0.267. The maximum atomic E-state index is 6.31. The third-order valence-electron chi connectivity index (χ3n) is 2.99. The van der Waals surface area contributed by atoms with Crippen molar-refractivity contribution in [3.63, 3.8) is 0 Å². The van der Waals surface area contributed by atoms with Gasteiger partial charge in [0, 0.05) is 28.9 Å². The van der Waals surface area contributed by atoms with Gasteiger partial charge >= 0.3 is 0 Å². The summed E-state index contributed by atoms with van der Waals surface area (Å²) in [6.07, 6.45) is 1.76. The summed E-state index contributed by atoms with van der Waals surface area (Å²) in [6.45, 7) is 4.95. The van der Waals surface area contributed by atoms with Crippen molar-refractivity contribution in [3.8, 4) is 0 Å². The molecular formula is C15H17BrClN3. The van der Waals surface area contributed by atoms with Gasteiger partial charge in [-0.1, -0.05) is 23.7 Å². The van der Waals surface area contributed by atoms with Crippen molar-refractivity contribution in [1.82, 2.24) is 4.98 Å². The van der Waals surface area contributed by atoms with Crippen LogP contribution in [0.3, 0.4) is 0 Å². The normalized spacial score (nSPS) is 10.8. The Morgan fingerprint density at radius 3 is 2.70 bits per heavy atom. The standard InChI is InChI=1S/C15H17BrClN3/c1-10(2)20(9-11-4-3-5-13(18)6-11)15-14(17)7-12(16)8-19-15/h3-8,10H,9,18H2,1-2H3. The van der Waals surface area contributed by atoms with E-state index in [-0.39, 0.29) is 6.04 Å². The van der Waals surface area contributed by atoms with Gasteiger partial charge in [-0.25, -0.2) is 4.98 Å². The zero-order valence-electron chi connectivity index (χ0n) is 11.5. The van der Waals surface area contributed by atoms with Crippen molar-refractivity contribution in [3.05, 3.63) is 51.6 Å². The van der Waals surface area contributed by atoms with E-state index in [2.05, 4.69) is 45.7 Å². The van der Waals surface area contributed by atoms with Gasteiger partial charge in [0.2, 0.25) is 0 Å². The SMILES string of the molecule is CC(C)N(Cc1cccc(N)c1)c1ncc(Br)cc1Cl. The maximum absolute atomic E-state index is 6.31. The van der Waals surface area contributed by atoms with Gasteiger partial charge in [0.05, 0.1) is 5.02 Å². The molecule has 2 rings (SSSR count). The van der Waals surface area contributed by atoms with E-state index in [0.717, 1.165) is 28.1 Å². The van der Waals surface area contributed by atoms with Crippen LogP contribution in [0.4, 0.5) is 11.5 Å². The number of nitrogens with two attached hydrogens (primary N) is 1. The summed E-state index contributed by atoms with van der Waals surface area (Å²) < 4.78 is 0.874. The molecule has 1 heterocycles. The minimum atomic E-state index is 0.280. The molecule has 0 aliphatic carbocycles. The first kappa shape index (κ1) is 15.1. The molecule has 0 amide bonds. The van der Waals surface area contributed by atoms with Gasteiger partial charge in [0.25, 0.3) is 0 Å². The van der Waals surface area contributed by atoms with Crippen LogP contribution in [0.25, 0.3) is 0 Å². The van der Waals surface area contributed by atoms with E-state index in [4.69, 9.17) is 17.3 Å². The average molecular weight is 355 g/mol. The van der Waals surface area contributed by atoms with Crippen LogP contribution >= 0.6 is 27.5 Å². The van der Waals surface area contributed by atoms with Gasteiger partial charge in [-0.15, -0.1) is 0 Å². The van der Waals surface area contributed by atoms with Gasteiger partial charge in [0.1, 0.15) is 5.82 Å². The predicted octanol–water partition coefficient (Wildman–Crippen LogP) is 4.49. The quantitative estimate of drug-likeness (QED) is 0.822. The van der Waals surface area contributed by atoms with Crippen molar-refractivity contribution in [2.24, 2.45) is 0 Å². The lowest BCUT2D eigenvalue weighted by Gasteiger charge is -2.29. The lowest BCUT2D eigenvalue weighted by Crippen LogP contribution is -2.31. The van der Waals surface area contributed by atoms with Crippen LogP contribution in [0.1, 0.15) is 19.4 Å². The Balaban J connectivity index is 2.32. The van der Waals surface area contributed by atoms with Gasteiger partial charge in [-0.05, 0) is 53.5 Å². The fourth-order valence-electron chi connectivity index (χ4n) is 2.01. The molecule has 0 saturated carbocycles. The van der Waals surface area contributed by atoms with Crippen LogP contribution < -0.4 is 10.6 Å². The van der Waals surface area contributed by atoms with Crippen LogP contribution in [0.2, 0.25) is 5.02 Å². The number of hydrogen-bond donors (Lipinski definition) is 1. The molecule has 2 N–H and O–H groups in total. The summed E-state index contributed by atoms with van der Waals surface area (Å²) in [5.41, 5.74) is 7.74. The molecule has 106 valence electrons. The Labute approximate surface area is 132 Å². The second kappa shape index (κ2) is 6.46. The van der Waals surface area contributed by atoms with Crippen molar-refractivity contribution in [2.75, 3.05) is 10.6 Å². The molecule has 0 saturated heterocycles. The first-order valence-corrected chi connectivity index (χ1v) is 7.56. The molecular weight excluding hydrogens is 338 g/mol. The van der Waals surface area contributed by atoms with Crippen LogP contribution in [-0.4, -0.2) is 11.0 Å². The first-order chi connectivity index (χ1) is 9.47. The number of pyridine rings is 1. The summed E-state index contributed by atoms with van der Waals surface area (Å²) in [6, 6.07) is 10.0. The first-order valence-electron chi connectivity index (χ1n) is 6.39. The Kier molecular flexibility index (Phi) is 4.89. The van der Waals surface area contributed by atoms with E-state index < -0.39 is 0 Å². The zero-order chi connectivity index (χ0) is 14.7. The van der Waals surface area contributed by atoms with Gasteiger partial charge in [-0.3, -0.25) is 0 Å². The number of hydrogen-bond acceptors (Lipinski definition) is 3. The molecule has 0 aliphatic rings. The third-order valence-corrected chi connectivity index (χ3v) is 3.70. The highest BCUT2D eigenvalue weighted by molar-refractivity contribution is 9.10. The summed E-state index contributed by atoms with van der Waals surface area (Å²) in [5, 5.41) is 0.636. The van der Waals surface area contributed by atoms with Crippen molar-refractivity contribution in [2.45, 2.75) is 26.4 Å². The zero-order valence-corrected chi connectivity index (χ0v) is 13.8. The minimum absolute atomic E-state index is 0.280. The molecule has 5 heteroatoms. The Hall–Kier alpha value is -1.26. The van der Waals surface area contributed by atoms with Gasteiger partial charge in [0.15, 0.2) is 0 Å². The van der Waals surface area contributed by atoms with Gasteiger partial charge < -0.3 is 10.6 Å². The van der Waals surface area contributed by atoms with Crippen LogP contribution in [0, 0.1) is 0 Å². The lowest BCUT2D eigenvalue weighted by molar-refractivity contribution is 0.672. The number of benzene rings is 1. The molecule has 0 unspecified atom stereocenters. The molecule has 0 spiro atoms. The van der Waals surface area contributed by atoms with E-state index in [9.17, 15) is 0 Å².